The molecule has 1 N–H and O–H groups in total. The molecule has 1 amide bonds. The molecule has 2 heterocycles. The van der Waals surface area contributed by atoms with E-state index in [4.69, 9.17) is 9.72 Å². The smallest absolute Gasteiger partial charge is 0.256 e. The van der Waals surface area contributed by atoms with Crippen molar-refractivity contribution < 1.29 is 13.9 Å². The number of aryl methyl sites for hydroxylation is 1. The first-order valence-electron chi connectivity index (χ1n) is 11.6. The molecule has 178 valence electrons. The van der Waals surface area contributed by atoms with Gasteiger partial charge in [0.05, 0.1) is 6.54 Å². The number of rotatable bonds is 6. The molecule has 0 unspecified atom stereocenters. The Kier molecular flexibility index (Phi) is 6.33. The zero-order chi connectivity index (χ0) is 24.4. The van der Waals surface area contributed by atoms with Crippen molar-refractivity contribution in [3.05, 3.63) is 102 Å². The van der Waals surface area contributed by atoms with E-state index in [2.05, 4.69) is 9.88 Å². The Bertz CT molecular complexity index is 1320. The summed E-state index contributed by atoms with van der Waals surface area (Å²) in [4.78, 5) is 20.1. The fourth-order valence-corrected chi connectivity index (χ4v) is 4.40. The third-order valence-electron chi connectivity index (χ3n) is 6.28. The number of imidazole rings is 1. The van der Waals surface area contributed by atoms with Gasteiger partial charge in [-0.1, -0.05) is 48.0 Å². The van der Waals surface area contributed by atoms with Crippen LogP contribution in [0, 0.1) is 12.7 Å². The lowest BCUT2D eigenvalue weighted by Gasteiger charge is -2.31. The quantitative estimate of drug-likeness (QED) is 0.406. The topological polar surface area (TPSA) is 59.4 Å². The van der Waals surface area contributed by atoms with Crippen molar-refractivity contribution in [1.82, 2.24) is 14.5 Å². The first kappa shape index (κ1) is 22.8. The summed E-state index contributed by atoms with van der Waals surface area (Å²) in [5.41, 5.74) is 4.46. The van der Waals surface area contributed by atoms with Crippen molar-refractivity contribution in [2.75, 3.05) is 19.0 Å². The van der Waals surface area contributed by atoms with E-state index in [1.807, 2.05) is 61.5 Å². The SMILES string of the molecule is CO[C@H](C(=O)N1CCn2c(nc(-c3ccc(F)cc3)c2Nc2ccc(C)cc2)C1)c1ccccc1. The third-order valence-corrected chi connectivity index (χ3v) is 6.28. The minimum absolute atomic E-state index is 0.0932. The van der Waals surface area contributed by atoms with E-state index in [-0.39, 0.29) is 11.7 Å². The molecule has 0 radical (unpaired) electrons. The highest BCUT2D eigenvalue weighted by Crippen LogP contribution is 2.34. The number of methoxy groups -OCH3 is 1. The summed E-state index contributed by atoms with van der Waals surface area (Å²) in [6, 6.07) is 23.9. The summed E-state index contributed by atoms with van der Waals surface area (Å²) in [5.74, 6) is 1.20. The summed E-state index contributed by atoms with van der Waals surface area (Å²) in [6.07, 6.45) is -0.667. The number of carbonyl (C=O) groups is 1. The summed E-state index contributed by atoms with van der Waals surface area (Å²) in [5, 5.41) is 3.50. The number of halogens is 1. The van der Waals surface area contributed by atoms with Gasteiger partial charge in [0.25, 0.3) is 5.91 Å². The molecule has 35 heavy (non-hydrogen) atoms. The van der Waals surface area contributed by atoms with Gasteiger partial charge in [-0.05, 0) is 48.9 Å². The van der Waals surface area contributed by atoms with Crippen LogP contribution in [0.4, 0.5) is 15.9 Å². The molecule has 7 heteroatoms. The number of anilines is 2. The number of fused-ring (bicyclic) bond motifs is 1. The molecular weight excluding hydrogens is 443 g/mol. The number of nitrogens with one attached hydrogen (secondary N) is 1. The van der Waals surface area contributed by atoms with Crippen LogP contribution in [0.5, 0.6) is 0 Å². The van der Waals surface area contributed by atoms with Gasteiger partial charge < -0.3 is 19.5 Å². The molecule has 6 nitrogen and oxygen atoms in total. The van der Waals surface area contributed by atoms with Crippen LogP contribution in [-0.4, -0.2) is 34.0 Å². The van der Waals surface area contributed by atoms with Gasteiger partial charge in [-0.25, -0.2) is 9.37 Å². The number of hydrogen-bond donors (Lipinski definition) is 1. The Morgan fingerprint density at radius 3 is 2.40 bits per heavy atom. The number of amides is 1. The first-order valence-corrected chi connectivity index (χ1v) is 11.6. The average molecular weight is 471 g/mol. The van der Waals surface area contributed by atoms with Gasteiger partial charge in [-0.15, -0.1) is 0 Å². The number of nitrogens with zero attached hydrogens (tertiary/aromatic N) is 3. The minimum atomic E-state index is -0.667. The molecule has 0 spiro atoms. The Morgan fingerprint density at radius 2 is 1.71 bits per heavy atom. The second-order valence-corrected chi connectivity index (χ2v) is 8.66. The maximum absolute atomic E-state index is 13.6. The molecule has 0 fully saturated rings. The number of aromatic nitrogens is 2. The fourth-order valence-electron chi connectivity index (χ4n) is 4.40. The second kappa shape index (κ2) is 9.72. The molecular formula is C28H27FN4O2. The normalized spacial score (nSPS) is 13.9. The van der Waals surface area contributed by atoms with Gasteiger partial charge in [-0.2, -0.15) is 0 Å². The van der Waals surface area contributed by atoms with Crippen LogP contribution >= 0.6 is 0 Å². The largest absolute Gasteiger partial charge is 0.367 e. The zero-order valence-corrected chi connectivity index (χ0v) is 19.7. The van der Waals surface area contributed by atoms with Crippen molar-refractivity contribution in [2.24, 2.45) is 0 Å². The molecule has 1 aliphatic rings. The number of benzene rings is 3. The highest BCUT2D eigenvalue weighted by Gasteiger charge is 2.31. The number of hydrogen-bond acceptors (Lipinski definition) is 4. The number of carbonyl (C=O) groups excluding carboxylic acids is 1. The molecule has 1 atom stereocenters. The van der Waals surface area contributed by atoms with Crippen molar-refractivity contribution in [2.45, 2.75) is 26.1 Å². The van der Waals surface area contributed by atoms with Gasteiger partial charge in [0.2, 0.25) is 0 Å². The molecule has 0 saturated heterocycles. The molecule has 0 saturated carbocycles. The lowest BCUT2D eigenvalue weighted by Crippen LogP contribution is -2.41. The van der Waals surface area contributed by atoms with Crippen LogP contribution in [-0.2, 0) is 22.6 Å². The molecule has 4 aromatic rings. The maximum Gasteiger partial charge on any atom is 0.256 e. The van der Waals surface area contributed by atoms with E-state index in [1.165, 1.54) is 17.7 Å². The summed E-state index contributed by atoms with van der Waals surface area (Å²) in [6.45, 7) is 3.51. The van der Waals surface area contributed by atoms with E-state index in [0.29, 0.717) is 19.6 Å². The van der Waals surface area contributed by atoms with Crippen molar-refractivity contribution >= 4 is 17.4 Å². The standard InChI is InChI=1S/C28H27FN4O2/c1-19-8-14-23(15-9-19)30-27-25(20-10-12-22(29)13-11-20)31-24-18-32(16-17-33(24)27)28(34)26(35-2)21-6-4-3-5-7-21/h3-15,26,30H,16-18H2,1-2H3/t26-/m0/s1. The van der Waals surface area contributed by atoms with Gasteiger partial charge in [0.1, 0.15) is 23.2 Å². The molecule has 5 rings (SSSR count). The highest BCUT2D eigenvalue weighted by atomic mass is 19.1. The Labute approximate surface area is 204 Å². The monoisotopic (exact) mass is 470 g/mol. The van der Waals surface area contributed by atoms with Gasteiger partial charge in [0, 0.05) is 31.5 Å². The molecule has 0 aliphatic carbocycles. The molecule has 1 aromatic heterocycles. The van der Waals surface area contributed by atoms with Crippen molar-refractivity contribution in [3.63, 3.8) is 0 Å². The first-order chi connectivity index (χ1) is 17.0. The van der Waals surface area contributed by atoms with E-state index in [1.54, 1.807) is 24.1 Å². The predicted molar refractivity (Wildman–Crippen MR) is 134 cm³/mol. The van der Waals surface area contributed by atoms with E-state index in [0.717, 1.165) is 34.2 Å². The van der Waals surface area contributed by atoms with Crippen LogP contribution in [0.2, 0.25) is 0 Å². The Morgan fingerprint density at radius 1 is 1.00 bits per heavy atom. The zero-order valence-electron chi connectivity index (χ0n) is 19.7. The van der Waals surface area contributed by atoms with Crippen molar-refractivity contribution in [1.29, 1.82) is 0 Å². The van der Waals surface area contributed by atoms with Gasteiger partial charge in [0.15, 0.2) is 6.10 Å². The predicted octanol–water partition coefficient (Wildman–Crippen LogP) is 5.47. The van der Waals surface area contributed by atoms with Crippen LogP contribution in [0.15, 0.2) is 78.9 Å². The minimum Gasteiger partial charge on any atom is -0.367 e. The van der Waals surface area contributed by atoms with E-state index >= 15 is 0 Å². The van der Waals surface area contributed by atoms with Crippen LogP contribution in [0.1, 0.15) is 23.1 Å². The van der Waals surface area contributed by atoms with Crippen LogP contribution in [0.25, 0.3) is 11.3 Å². The summed E-state index contributed by atoms with van der Waals surface area (Å²) < 4.78 is 21.3. The maximum atomic E-state index is 13.6. The lowest BCUT2D eigenvalue weighted by molar-refractivity contribution is -0.144. The summed E-state index contributed by atoms with van der Waals surface area (Å²) >= 11 is 0. The average Bonchev–Trinajstić information content (AvgIpc) is 3.24. The second-order valence-electron chi connectivity index (χ2n) is 8.66. The molecule has 3 aromatic carbocycles. The Balaban J connectivity index is 1.48. The van der Waals surface area contributed by atoms with Gasteiger partial charge in [-0.3, -0.25) is 4.79 Å². The summed E-state index contributed by atoms with van der Waals surface area (Å²) in [7, 11) is 1.55. The van der Waals surface area contributed by atoms with Crippen LogP contribution < -0.4 is 5.32 Å². The molecule has 0 bridgehead atoms. The van der Waals surface area contributed by atoms with Crippen LogP contribution in [0.3, 0.4) is 0 Å². The van der Waals surface area contributed by atoms with E-state index in [9.17, 15) is 9.18 Å². The van der Waals surface area contributed by atoms with E-state index < -0.39 is 6.10 Å². The number of ether oxygens (including phenoxy) is 1. The Hall–Kier alpha value is -3.97. The fraction of sp³-hybridized carbons (Fsp3) is 0.214. The van der Waals surface area contributed by atoms with Crippen molar-refractivity contribution in [3.8, 4) is 11.3 Å². The highest BCUT2D eigenvalue weighted by molar-refractivity contribution is 5.83. The van der Waals surface area contributed by atoms with Gasteiger partial charge >= 0.3 is 0 Å². The third kappa shape index (κ3) is 4.68. The lowest BCUT2D eigenvalue weighted by atomic mass is 10.1. The molecule has 1 aliphatic heterocycles.